The minimum absolute atomic E-state index is 0.207. The Kier molecular flexibility index (Phi) is 4.14. The van der Waals surface area contributed by atoms with Crippen LogP contribution in [0.15, 0.2) is 0 Å². The van der Waals surface area contributed by atoms with Crippen LogP contribution in [-0.2, 0) is 9.53 Å². The number of carbonyl (C=O) groups excluding carboxylic acids is 1. The number of rotatable bonds is 3. The number of hydrogen-bond donors (Lipinski definition) is 0. The first-order valence-electron chi connectivity index (χ1n) is 5.57. The van der Waals surface area contributed by atoms with Crippen molar-refractivity contribution < 1.29 is 9.53 Å². The largest absolute Gasteiger partial charge is 0.370 e. The van der Waals surface area contributed by atoms with Crippen LogP contribution >= 0.6 is 0 Å². The molecule has 0 aliphatic carbocycles. The molecule has 0 aromatic heterocycles. The summed E-state index contributed by atoms with van der Waals surface area (Å²) >= 11 is 0. The Morgan fingerprint density at radius 1 is 0.933 bits per heavy atom. The monoisotopic (exact) mass is 214 g/mol. The summed E-state index contributed by atoms with van der Waals surface area (Å²) in [6.07, 6.45) is 0.466. The van der Waals surface area contributed by atoms with Crippen LogP contribution in [0.25, 0.3) is 0 Å². The van der Waals surface area contributed by atoms with Gasteiger partial charge in [0.05, 0.1) is 11.2 Å². The van der Waals surface area contributed by atoms with Crippen molar-refractivity contribution in [1.29, 1.82) is 0 Å². The SMILES string of the molecule is CC(C)(C)OC(C)(C)CC(=O)C(C)(C)C. The Labute approximate surface area is 94.4 Å². The molecule has 0 atom stereocenters. The van der Waals surface area contributed by atoms with Crippen molar-refractivity contribution in [2.24, 2.45) is 5.41 Å². The van der Waals surface area contributed by atoms with E-state index in [1.807, 2.05) is 55.4 Å². The fourth-order valence-electron chi connectivity index (χ4n) is 1.52. The molecule has 0 radical (unpaired) electrons. The van der Waals surface area contributed by atoms with Gasteiger partial charge in [-0.05, 0) is 34.6 Å². The predicted octanol–water partition coefficient (Wildman–Crippen LogP) is 3.59. The maximum absolute atomic E-state index is 11.9. The van der Waals surface area contributed by atoms with E-state index in [-0.39, 0.29) is 22.4 Å². The summed E-state index contributed by atoms with van der Waals surface area (Å²) in [5, 5.41) is 0. The summed E-state index contributed by atoms with van der Waals surface area (Å²) in [5.41, 5.74) is -0.872. The fraction of sp³-hybridized carbons (Fsp3) is 0.923. The molecule has 0 unspecified atom stereocenters. The highest BCUT2D eigenvalue weighted by atomic mass is 16.5. The van der Waals surface area contributed by atoms with Gasteiger partial charge in [-0.15, -0.1) is 0 Å². The molecule has 0 saturated carbocycles. The molecule has 0 rings (SSSR count). The van der Waals surface area contributed by atoms with Crippen LogP contribution in [0.4, 0.5) is 0 Å². The summed E-state index contributed by atoms with van der Waals surface area (Å²) < 4.78 is 5.87. The van der Waals surface area contributed by atoms with Crippen molar-refractivity contribution in [3.63, 3.8) is 0 Å². The van der Waals surface area contributed by atoms with E-state index in [1.54, 1.807) is 0 Å². The summed E-state index contributed by atoms with van der Waals surface area (Å²) in [4.78, 5) is 11.9. The van der Waals surface area contributed by atoms with E-state index >= 15 is 0 Å². The average molecular weight is 214 g/mol. The molecule has 0 N–H and O–H groups in total. The lowest BCUT2D eigenvalue weighted by atomic mass is 9.84. The number of ether oxygens (including phenoxy) is 1. The molecular weight excluding hydrogens is 188 g/mol. The van der Waals surface area contributed by atoms with Crippen LogP contribution in [0, 0.1) is 5.41 Å². The molecule has 0 aliphatic rings. The van der Waals surface area contributed by atoms with Crippen LogP contribution < -0.4 is 0 Å². The van der Waals surface area contributed by atoms with Crippen LogP contribution in [0.3, 0.4) is 0 Å². The molecule has 90 valence electrons. The maximum atomic E-state index is 11.9. The Hall–Kier alpha value is -0.370. The topological polar surface area (TPSA) is 26.3 Å². The first-order valence-corrected chi connectivity index (χ1v) is 5.57. The number of hydrogen-bond acceptors (Lipinski definition) is 2. The lowest BCUT2D eigenvalue weighted by molar-refractivity contribution is -0.144. The summed E-state index contributed by atoms with van der Waals surface area (Å²) in [5.74, 6) is 0.247. The van der Waals surface area contributed by atoms with Gasteiger partial charge in [-0.25, -0.2) is 0 Å². The minimum Gasteiger partial charge on any atom is -0.370 e. The van der Waals surface area contributed by atoms with Crippen molar-refractivity contribution in [1.82, 2.24) is 0 Å². The second-order valence-electron chi connectivity index (χ2n) is 6.82. The Balaban J connectivity index is 4.46. The first-order chi connectivity index (χ1) is 6.33. The molecule has 2 heteroatoms. The Morgan fingerprint density at radius 2 is 1.33 bits per heavy atom. The molecule has 0 aromatic rings. The number of ketones is 1. The van der Waals surface area contributed by atoms with Gasteiger partial charge in [-0.1, -0.05) is 20.8 Å². The molecule has 0 spiro atoms. The second kappa shape index (κ2) is 4.25. The highest BCUT2D eigenvalue weighted by Gasteiger charge is 2.32. The van der Waals surface area contributed by atoms with Crippen LogP contribution in [-0.4, -0.2) is 17.0 Å². The fourth-order valence-corrected chi connectivity index (χ4v) is 1.52. The smallest absolute Gasteiger partial charge is 0.141 e. The van der Waals surface area contributed by atoms with E-state index in [2.05, 4.69) is 0 Å². The lowest BCUT2D eigenvalue weighted by Crippen LogP contribution is -2.39. The van der Waals surface area contributed by atoms with Crippen LogP contribution in [0.5, 0.6) is 0 Å². The standard InChI is InChI=1S/C13H26O2/c1-11(2,3)10(14)9-13(7,8)15-12(4,5)6/h9H2,1-8H3. The van der Waals surface area contributed by atoms with Gasteiger partial charge in [0, 0.05) is 11.8 Å². The van der Waals surface area contributed by atoms with Gasteiger partial charge in [0.2, 0.25) is 0 Å². The van der Waals surface area contributed by atoms with Crippen molar-refractivity contribution >= 4 is 5.78 Å². The van der Waals surface area contributed by atoms with E-state index in [0.717, 1.165) is 0 Å². The van der Waals surface area contributed by atoms with Crippen molar-refractivity contribution in [3.8, 4) is 0 Å². The van der Waals surface area contributed by atoms with Crippen molar-refractivity contribution in [3.05, 3.63) is 0 Å². The maximum Gasteiger partial charge on any atom is 0.141 e. The minimum atomic E-state index is -0.386. The molecule has 0 amide bonds. The van der Waals surface area contributed by atoms with Crippen LogP contribution in [0.1, 0.15) is 61.8 Å². The van der Waals surface area contributed by atoms with Crippen LogP contribution in [0.2, 0.25) is 0 Å². The van der Waals surface area contributed by atoms with Gasteiger partial charge in [0.25, 0.3) is 0 Å². The average Bonchev–Trinajstić information content (AvgIpc) is 1.76. The van der Waals surface area contributed by atoms with E-state index in [4.69, 9.17) is 4.74 Å². The molecule has 0 saturated heterocycles. The van der Waals surface area contributed by atoms with E-state index < -0.39 is 0 Å². The zero-order valence-electron chi connectivity index (χ0n) is 11.5. The number of carbonyl (C=O) groups is 1. The third kappa shape index (κ3) is 6.67. The van der Waals surface area contributed by atoms with Crippen molar-refractivity contribution in [2.45, 2.75) is 73.0 Å². The molecule has 15 heavy (non-hydrogen) atoms. The predicted molar refractivity (Wildman–Crippen MR) is 64.0 cm³/mol. The highest BCUT2D eigenvalue weighted by Crippen LogP contribution is 2.27. The zero-order valence-corrected chi connectivity index (χ0v) is 11.5. The van der Waals surface area contributed by atoms with Gasteiger partial charge < -0.3 is 4.74 Å². The Morgan fingerprint density at radius 3 is 1.60 bits per heavy atom. The summed E-state index contributed by atoms with van der Waals surface area (Å²) in [6.45, 7) is 15.8. The number of Topliss-reactive ketones (excluding diaryl/α,β-unsaturated/α-hetero) is 1. The van der Waals surface area contributed by atoms with Gasteiger partial charge >= 0.3 is 0 Å². The third-order valence-corrected chi connectivity index (χ3v) is 2.01. The van der Waals surface area contributed by atoms with Gasteiger partial charge in [-0.3, -0.25) is 4.79 Å². The van der Waals surface area contributed by atoms with E-state index in [1.165, 1.54) is 0 Å². The van der Waals surface area contributed by atoms with Gasteiger partial charge in [-0.2, -0.15) is 0 Å². The Bertz CT molecular complexity index is 226. The molecule has 0 bridgehead atoms. The molecular formula is C13H26O2. The first kappa shape index (κ1) is 14.6. The quantitative estimate of drug-likeness (QED) is 0.717. The van der Waals surface area contributed by atoms with Gasteiger partial charge in [0.15, 0.2) is 0 Å². The lowest BCUT2D eigenvalue weighted by Gasteiger charge is -2.34. The summed E-state index contributed by atoms with van der Waals surface area (Å²) in [7, 11) is 0. The molecule has 0 heterocycles. The third-order valence-electron chi connectivity index (χ3n) is 2.01. The zero-order chi connectivity index (χ0) is 12.5. The summed E-state index contributed by atoms with van der Waals surface area (Å²) in [6, 6.07) is 0. The molecule has 0 aromatic carbocycles. The molecule has 2 nitrogen and oxygen atoms in total. The van der Waals surface area contributed by atoms with Crippen molar-refractivity contribution in [2.75, 3.05) is 0 Å². The molecule has 0 fully saturated rings. The van der Waals surface area contributed by atoms with E-state index in [9.17, 15) is 4.79 Å². The van der Waals surface area contributed by atoms with Gasteiger partial charge in [0.1, 0.15) is 5.78 Å². The second-order valence-corrected chi connectivity index (χ2v) is 6.82. The molecule has 0 aliphatic heterocycles. The normalized spacial score (nSPS) is 14.1. The van der Waals surface area contributed by atoms with E-state index in [0.29, 0.717) is 6.42 Å². The highest BCUT2D eigenvalue weighted by molar-refractivity contribution is 5.84.